The molecule has 3 nitrogen and oxygen atoms in total. The highest BCUT2D eigenvalue weighted by Gasteiger charge is 2.28. The van der Waals surface area contributed by atoms with Crippen molar-refractivity contribution < 1.29 is 0 Å². The van der Waals surface area contributed by atoms with E-state index in [4.69, 9.17) is 0 Å². The molecule has 20 heavy (non-hydrogen) atoms. The van der Waals surface area contributed by atoms with Crippen molar-refractivity contribution in [3.8, 4) is 0 Å². The topological polar surface area (TPSA) is 28.2 Å². The largest absolute Gasteiger partial charge is 0.311 e. The average molecular weight is 340 g/mol. The maximum atomic E-state index is 4.29. The van der Waals surface area contributed by atoms with Gasteiger partial charge in [0.2, 0.25) is 0 Å². The molecule has 4 heteroatoms. The lowest BCUT2D eigenvalue weighted by Gasteiger charge is -2.42. The van der Waals surface area contributed by atoms with Gasteiger partial charge in [-0.15, -0.1) is 0 Å². The van der Waals surface area contributed by atoms with Crippen molar-refractivity contribution in [1.29, 1.82) is 0 Å². The molecule has 1 saturated heterocycles. The fourth-order valence-electron chi connectivity index (χ4n) is 2.92. The zero-order chi connectivity index (χ0) is 14.5. The summed E-state index contributed by atoms with van der Waals surface area (Å²) in [5.74, 6) is 0.681. The molecule has 1 N–H and O–H groups in total. The molecule has 1 aromatic heterocycles. The highest BCUT2D eigenvalue weighted by molar-refractivity contribution is 9.10. The molecule has 2 heterocycles. The van der Waals surface area contributed by atoms with E-state index in [-0.39, 0.29) is 0 Å². The number of halogens is 1. The summed E-state index contributed by atoms with van der Waals surface area (Å²) in [6.07, 6.45) is 6.34. The minimum Gasteiger partial charge on any atom is -0.311 e. The van der Waals surface area contributed by atoms with Gasteiger partial charge in [-0.05, 0) is 39.9 Å². The van der Waals surface area contributed by atoms with Crippen LogP contribution in [0.2, 0.25) is 0 Å². The van der Waals surface area contributed by atoms with E-state index in [0.717, 1.165) is 24.1 Å². The number of pyridine rings is 1. The summed E-state index contributed by atoms with van der Waals surface area (Å²) in [6.45, 7) is 10.1. The Balaban J connectivity index is 2.06. The lowest BCUT2D eigenvalue weighted by atomic mass is 9.97. The Morgan fingerprint density at radius 1 is 1.45 bits per heavy atom. The SMILES string of the molecule is CCCC1CNC(C(C)C)CN1Cc1cncc(Br)c1. The van der Waals surface area contributed by atoms with Crippen LogP contribution in [-0.4, -0.2) is 35.1 Å². The van der Waals surface area contributed by atoms with Gasteiger partial charge in [-0.2, -0.15) is 0 Å². The van der Waals surface area contributed by atoms with Gasteiger partial charge < -0.3 is 5.32 Å². The second-order valence-electron chi connectivity index (χ2n) is 6.14. The van der Waals surface area contributed by atoms with E-state index in [1.165, 1.54) is 18.4 Å². The molecular weight excluding hydrogens is 314 g/mol. The summed E-state index contributed by atoms with van der Waals surface area (Å²) >= 11 is 3.51. The van der Waals surface area contributed by atoms with Gasteiger partial charge in [0.05, 0.1) is 0 Å². The van der Waals surface area contributed by atoms with E-state index in [9.17, 15) is 0 Å². The second kappa shape index (κ2) is 7.53. The van der Waals surface area contributed by atoms with Gasteiger partial charge in [-0.3, -0.25) is 9.88 Å². The Kier molecular flexibility index (Phi) is 6.00. The van der Waals surface area contributed by atoms with Crippen LogP contribution in [-0.2, 0) is 6.54 Å². The van der Waals surface area contributed by atoms with Crippen LogP contribution in [0.1, 0.15) is 39.2 Å². The first-order valence-corrected chi connectivity index (χ1v) is 8.46. The van der Waals surface area contributed by atoms with Gasteiger partial charge in [0.1, 0.15) is 0 Å². The normalized spacial score (nSPS) is 24.2. The lowest BCUT2D eigenvalue weighted by molar-refractivity contribution is 0.0996. The number of nitrogens with one attached hydrogen (secondary N) is 1. The first-order valence-electron chi connectivity index (χ1n) is 7.67. The highest BCUT2D eigenvalue weighted by atomic mass is 79.9. The molecule has 112 valence electrons. The molecule has 0 radical (unpaired) electrons. The van der Waals surface area contributed by atoms with Crippen molar-refractivity contribution in [3.63, 3.8) is 0 Å². The number of piperazine rings is 1. The summed E-state index contributed by atoms with van der Waals surface area (Å²) < 4.78 is 1.07. The number of hydrogen-bond donors (Lipinski definition) is 1. The van der Waals surface area contributed by atoms with Crippen LogP contribution >= 0.6 is 15.9 Å². The summed E-state index contributed by atoms with van der Waals surface area (Å²) in [6, 6.07) is 3.43. The van der Waals surface area contributed by atoms with Gasteiger partial charge in [-0.25, -0.2) is 0 Å². The Bertz CT molecular complexity index is 422. The molecule has 0 saturated carbocycles. The molecule has 0 amide bonds. The number of aromatic nitrogens is 1. The van der Waals surface area contributed by atoms with Crippen molar-refractivity contribution in [2.75, 3.05) is 13.1 Å². The maximum Gasteiger partial charge on any atom is 0.0410 e. The zero-order valence-corrected chi connectivity index (χ0v) is 14.4. The van der Waals surface area contributed by atoms with Crippen molar-refractivity contribution >= 4 is 15.9 Å². The average Bonchev–Trinajstić information content (AvgIpc) is 2.41. The molecule has 1 fully saturated rings. The molecule has 2 rings (SSSR count). The van der Waals surface area contributed by atoms with E-state index in [2.05, 4.69) is 58.0 Å². The second-order valence-corrected chi connectivity index (χ2v) is 7.06. The van der Waals surface area contributed by atoms with Gasteiger partial charge in [0.15, 0.2) is 0 Å². The van der Waals surface area contributed by atoms with Crippen molar-refractivity contribution in [1.82, 2.24) is 15.2 Å². The molecule has 0 aromatic carbocycles. The molecule has 2 unspecified atom stereocenters. The van der Waals surface area contributed by atoms with Crippen LogP contribution in [0, 0.1) is 5.92 Å². The number of nitrogens with zero attached hydrogens (tertiary/aromatic N) is 2. The van der Waals surface area contributed by atoms with E-state index < -0.39 is 0 Å². The van der Waals surface area contributed by atoms with Crippen molar-refractivity contribution in [2.24, 2.45) is 5.92 Å². The molecular formula is C16H26BrN3. The minimum atomic E-state index is 0.600. The van der Waals surface area contributed by atoms with Gasteiger partial charge in [0, 0.05) is 48.6 Å². The Morgan fingerprint density at radius 2 is 2.25 bits per heavy atom. The first-order chi connectivity index (χ1) is 9.60. The maximum absolute atomic E-state index is 4.29. The molecule has 2 atom stereocenters. The van der Waals surface area contributed by atoms with Crippen LogP contribution in [0.5, 0.6) is 0 Å². The summed E-state index contributed by atoms with van der Waals surface area (Å²) in [5.41, 5.74) is 1.30. The third-order valence-electron chi connectivity index (χ3n) is 4.14. The summed E-state index contributed by atoms with van der Waals surface area (Å²) in [7, 11) is 0. The molecule has 1 aliphatic rings. The predicted octanol–water partition coefficient (Wildman–Crippen LogP) is 3.44. The first kappa shape index (κ1) is 15.9. The smallest absolute Gasteiger partial charge is 0.0410 e. The van der Waals surface area contributed by atoms with Crippen LogP contribution in [0.15, 0.2) is 22.9 Å². The zero-order valence-electron chi connectivity index (χ0n) is 12.8. The molecule has 0 spiro atoms. The standard InChI is InChI=1S/C16H26BrN3/c1-4-5-15-9-19-16(12(2)3)11-20(15)10-13-6-14(17)8-18-7-13/h6-8,12,15-16,19H,4-5,9-11H2,1-3H3. The van der Waals surface area contributed by atoms with E-state index in [0.29, 0.717) is 18.0 Å². The number of rotatable bonds is 5. The number of hydrogen-bond acceptors (Lipinski definition) is 3. The minimum absolute atomic E-state index is 0.600. The Morgan fingerprint density at radius 3 is 2.90 bits per heavy atom. The third-order valence-corrected chi connectivity index (χ3v) is 4.57. The van der Waals surface area contributed by atoms with Gasteiger partial charge in [-0.1, -0.05) is 27.2 Å². The fourth-order valence-corrected chi connectivity index (χ4v) is 3.33. The quantitative estimate of drug-likeness (QED) is 0.890. The molecule has 1 aliphatic heterocycles. The third kappa shape index (κ3) is 4.27. The van der Waals surface area contributed by atoms with E-state index >= 15 is 0 Å². The van der Waals surface area contributed by atoms with E-state index in [1.807, 2.05) is 12.4 Å². The van der Waals surface area contributed by atoms with Crippen molar-refractivity contribution in [3.05, 3.63) is 28.5 Å². The lowest BCUT2D eigenvalue weighted by Crippen LogP contribution is -2.57. The molecule has 0 bridgehead atoms. The van der Waals surface area contributed by atoms with E-state index in [1.54, 1.807) is 0 Å². The van der Waals surface area contributed by atoms with Crippen LogP contribution < -0.4 is 5.32 Å². The van der Waals surface area contributed by atoms with Gasteiger partial charge >= 0.3 is 0 Å². The fraction of sp³-hybridized carbons (Fsp3) is 0.688. The van der Waals surface area contributed by atoms with Crippen LogP contribution in [0.4, 0.5) is 0 Å². The van der Waals surface area contributed by atoms with Crippen molar-refractivity contribution in [2.45, 2.75) is 52.2 Å². The highest BCUT2D eigenvalue weighted by Crippen LogP contribution is 2.20. The predicted molar refractivity (Wildman–Crippen MR) is 87.7 cm³/mol. The van der Waals surface area contributed by atoms with Crippen LogP contribution in [0.25, 0.3) is 0 Å². The Labute approximate surface area is 131 Å². The Hall–Kier alpha value is -0.450. The molecule has 1 aromatic rings. The summed E-state index contributed by atoms with van der Waals surface area (Å²) in [4.78, 5) is 6.92. The summed E-state index contributed by atoms with van der Waals surface area (Å²) in [5, 5.41) is 3.71. The van der Waals surface area contributed by atoms with Gasteiger partial charge in [0.25, 0.3) is 0 Å². The van der Waals surface area contributed by atoms with Crippen LogP contribution in [0.3, 0.4) is 0 Å². The monoisotopic (exact) mass is 339 g/mol. The molecule has 0 aliphatic carbocycles.